The lowest BCUT2D eigenvalue weighted by atomic mass is 10.1. The highest BCUT2D eigenvalue weighted by atomic mass is 15.1. The van der Waals surface area contributed by atoms with Crippen LogP contribution in [0.5, 0.6) is 0 Å². The zero-order valence-electron chi connectivity index (χ0n) is 8.92. The highest BCUT2D eigenvalue weighted by molar-refractivity contribution is 4.76. The molecule has 13 heavy (non-hydrogen) atoms. The second-order valence-electron chi connectivity index (χ2n) is 4.35. The molecule has 0 aliphatic carbocycles. The van der Waals surface area contributed by atoms with Crippen LogP contribution in [0.15, 0.2) is 0 Å². The van der Waals surface area contributed by atoms with Crippen LogP contribution in [0.2, 0.25) is 0 Å². The molecule has 2 unspecified atom stereocenters. The van der Waals surface area contributed by atoms with Gasteiger partial charge in [-0.2, -0.15) is 0 Å². The number of rotatable bonds is 4. The summed E-state index contributed by atoms with van der Waals surface area (Å²) < 4.78 is 0. The molecule has 0 bridgehead atoms. The second kappa shape index (κ2) is 5.58. The summed E-state index contributed by atoms with van der Waals surface area (Å²) in [6.45, 7) is 6.49. The van der Waals surface area contributed by atoms with Crippen LogP contribution in [0.3, 0.4) is 0 Å². The molecule has 0 amide bonds. The number of likely N-dealkylation sites (tertiary alicyclic amines) is 1. The van der Waals surface area contributed by atoms with E-state index < -0.39 is 0 Å². The lowest BCUT2D eigenvalue weighted by Crippen LogP contribution is -2.45. The Morgan fingerprint density at radius 3 is 3.00 bits per heavy atom. The number of nitrogens with zero attached hydrogens (tertiary/aromatic N) is 1. The van der Waals surface area contributed by atoms with Crippen LogP contribution < -0.4 is 11.1 Å². The smallest absolute Gasteiger partial charge is 0.0195 e. The molecule has 3 nitrogen and oxygen atoms in total. The molecule has 78 valence electrons. The van der Waals surface area contributed by atoms with E-state index >= 15 is 0 Å². The van der Waals surface area contributed by atoms with Crippen molar-refractivity contribution >= 4 is 0 Å². The molecule has 0 aromatic heterocycles. The third kappa shape index (κ3) is 4.07. The molecule has 1 fully saturated rings. The Balaban J connectivity index is 2.13. The van der Waals surface area contributed by atoms with Crippen LogP contribution >= 0.6 is 0 Å². The van der Waals surface area contributed by atoms with Crippen molar-refractivity contribution in [3.05, 3.63) is 0 Å². The summed E-state index contributed by atoms with van der Waals surface area (Å²) in [5.41, 5.74) is 5.56. The zero-order valence-corrected chi connectivity index (χ0v) is 8.92. The standard InChI is InChI=1S/C10H23N3/c1-9(6-11)7-12-10-4-3-5-13(2)8-10/h9-10,12H,3-8,11H2,1-2H3. The molecule has 0 saturated carbocycles. The summed E-state index contributed by atoms with van der Waals surface area (Å²) in [5, 5.41) is 3.58. The van der Waals surface area contributed by atoms with Gasteiger partial charge < -0.3 is 16.0 Å². The van der Waals surface area contributed by atoms with Gasteiger partial charge in [0, 0.05) is 12.6 Å². The molecule has 1 saturated heterocycles. The van der Waals surface area contributed by atoms with Gasteiger partial charge in [0.25, 0.3) is 0 Å². The van der Waals surface area contributed by atoms with Gasteiger partial charge in [0.05, 0.1) is 0 Å². The number of piperidine rings is 1. The highest BCUT2D eigenvalue weighted by Gasteiger charge is 2.16. The maximum Gasteiger partial charge on any atom is 0.0195 e. The SMILES string of the molecule is CC(CN)CNC1CCCN(C)C1. The van der Waals surface area contributed by atoms with Gasteiger partial charge in [-0.25, -0.2) is 0 Å². The third-order valence-corrected chi connectivity index (χ3v) is 2.78. The quantitative estimate of drug-likeness (QED) is 0.660. The molecule has 0 spiro atoms. The van der Waals surface area contributed by atoms with Crippen LogP contribution in [0.25, 0.3) is 0 Å². The normalized spacial score (nSPS) is 27.5. The van der Waals surface area contributed by atoms with Gasteiger partial charge in [0.15, 0.2) is 0 Å². The molecule has 1 heterocycles. The topological polar surface area (TPSA) is 41.3 Å². The number of nitrogens with two attached hydrogens (primary N) is 1. The molecular weight excluding hydrogens is 162 g/mol. The van der Waals surface area contributed by atoms with Crippen molar-refractivity contribution in [1.82, 2.24) is 10.2 Å². The van der Waals surface area contributed by atoms with E-state index in [1.807, 2.05) is 0 Å². The molecule has 3 heteroatoms. The van der Waals surface area contributed by atoms with Crippen LogP contribution in [-0.2, 0) is 0 Å². The minimum absolute atomic E-state index is 0.604. The van der Waals surface area contributed by atoms with Crippen molar-refractivity contribution in [2.75, 3.05) is 33.2 Å². The average Bonchev–Trinajstić information content (AvgIpc) is 2.14. The van der Waals surface area contributed by atoms with Crippen molar-refractivity contribution in [2.45, 2.75) is 25.8 Å². The zero-order chi connectivity index (χ0) is 9.68. The maximum absolute atomic E-state index is 5.56. The molecule has 0 aromatic rings. The first kappa shape index (κ1) is 11.0. The van der Waals surface area contributed by atoms with E-state index in [1.54, 1.807) is 0 Å². The Morgan fingerprint density at radius 1 is 1.62 bits per heavy atom. The molecule has 2 atom stereocenters. The molecule has 1 aliphatic heterocycles. The summed E-state index contributed by atoms with van der Waals surface area (Å²) in [6, 6.07) is 0.688. The third-order valence-electron chi connectivity index (χ3n) is 2.78. The van der Waals surface area contributed by atoms with Crippen molar-refractivity contribution in [2.24, 2.45) is 11.7 Å². The predicted octanol–water partition coefficient (Wildman–Crippen LogP) is 0.265. The molecule has 0 radical (unpaired) electrons. The Labute approximate surface area is 81.7 Å². The number of nitrogens with one attached hydrogen (secondary N) is 1. The second-order valence-corrected chi connectivity index (χ2v) is 4.35. The fraction of sp³-hybridized carbons (Fsp3) is 1.00. The van der Waals surface area contributed by atoms with E-state index in [1.165, 1.54) is 25.9 Å². The fourth-order valence-corrected chi connectivity index (χ4v) is 1.78. The lowest BCUT2D eigenvalue weighted by molar-refractivity contribution is 0.223. The monoisotopic (exact) mass is 185 g/mol. The summed E-state index contributed by atoms with van der Waals surface area (Å²) in [7, 11) is 2.19. The van der Waals surface area contributed by atoms with E-state index in [4.69, 9.17) is 5.73 Å². The molecule has 1 rings (SSSR count). The van der Waals surface area contributed by atoms with Gasteiger partial charge in [-0.15, -0.1) is 0 Å². The van der Waals surface area contributed by atoms with E-state index in [0.717, 1.165) is 13.1 Å². The predicted molar refractivity (Wildman–Crippen MR) is 56.7 cm³/mol. The molecule has 0 aromatic carbocycles. The first-order chi connectivity index (χ1) is 6.22. The van der Waals surface area contributed by atoms with Gasteiger partial charge in [-0.3, -0.25) is 0 Å². The lowest BCUT2D eigenvalue weighted by Gasteiger charge is -2.31. The van der Waals surface area contributed by atoms with Crippen LogP contribution in [0.1, 0.15) is 19.8 Å². The van der Waals surface area contributed by atoms with Crippen molar-refractivity contribution < 1.29 is 0 Å². The van der Waals surface area contributed by atoms with Gasteiger partial charge in [0.2, 0.25) is 0 Å². The average molecular weight is 185 g/mol. The van der Waals surface area contributed by atoms with Gasteiger partial charge in [-0.05, 0) is 45.4 Å². The first-order valence-electron chi connectivity index (χ1n) is 5.34. The van der Waals surface area contributed by atoms with Gasteiger partial charge in [0.1, 0.15) is 0 Å². The number of likely N-dealkylation sites (N-methyl/N-ethyl adjacent to an activating group) is 1. The molecule has 1 aliphatic rings. The Bertz CT molecular complexity index is 138. The van der Waals surface area contributed by atoms with E-state index in [9.17, 15) is 0 Å². The van der Waals surface area contributed by atoms with Crippen molar-refractivity contribution in [3.8, 4) is 0 Å². The Hall–Kier alpha value is -0.120. The Kier molecular flexibility index (Phi) is 4.70. The van der Waals surface area contributed by atoms with Gasteiger partial charge >= 0.3 is 0 Å². The molecule has 3 N–H and O–H groups in total. The van der Waals surface area contributed by atoms with E-state index in [0.29, 0.717) is 12.0 Å². The first-order valence-corrected chi connectivity index (χ1v) is 5.34. The van der Waals surface area contributed by atoms with Gasteiger partial charge in [-0.1, -0.05) is 6.92 Å². The molecular formula is C10H23N3. The Morgan fingerprint density at radius 2 is 2.38 bits per heavy atom. The minimum Gasteiger partial charge on any atom is -0.330 e. The summed E-state index contributed by atoms with van der Waals surface area (Å²) in [6.07, 6.45) is 2.65. The number of hydrogen-bond donors (Lipinski definition) is 2. The summed E-state index contributed by atoms with van der Waals surface area (Å²) in [4.78, 5) is 2.40. The van der Waals surface area contributed by atoms with E-state index in [-0.39, 0.29) is 0 Å². The largest absolute Gasteiger partial charge is 0.330 e. The van der Waals surface area contributed by atoms with Crippen LogP contribution in [-0.4, -0.2) is 44.2 Å². The van der Waals surface area contributed by atoms with Crippen molar-refractivity contribution in [1.29, 1.82) is 0 Å². The fourth-order valence-electron chi connectivity index (χ4n) is 1.78. The minimum atomic E-state index is 0.604. The highest BCUT2D eigenvalue weighted by Crippen LogP contribution is 2.07. The summed E-state index contributed by atoms with van der Waals surface area (Å²) >= 11 is 0. The maximum atomic E-state index is 5.56. The van der Waals surface area contributed by atoms with Crippen molar-refractivity contribution in [3.63, 3.8) is 0 Å². The number of hydrogen-bond acceptors (Lipinski definition) is 3. The van der Waals surface area contributed by atoms with E-state index in [2.05, 4.69) is 24.2 Å². The van der Waals surface area contributed by atoms with Crippen LogP contribution in [0, 0.1) is 5.92 Å². The summed E-state index contributed by atoms with van der Waals surface area (Å²) in [5.74, 6) is 0.604. The van der Waals surface area contributed by atoms with Crippen LogP contribution in [0.4, 0.5) is 0 Å².